The molecule has 1 aliphatic heterocycles. The minimum Gasteiger partial charge on any atom is -0.348 e. The number of nitrogens with zero attached hydrogens (tertiary/aromatic N) is 2. The monoisotopic (exact) mass is 682 g/mol. The molecular weight excluding hydrogens is 603 g/mol. The number of carbonyl (C=O) groups is 2. The average Bonchev–Trinajstić information content (AvgIpc) is 3.59. The third kappa shape index (κ3) is 9.67. The Bertz CT molecular complexity index is 950. The zero-order chi connectivity index (χ0) is 34.4. The van der Waals surface area contributed by atoms with Gasteiger partial charge in [0.25, 0.3) is 0 Å². The number of carbonyl (C=O) groups excluding carboxylic acids is 2. The van der Waals surface area contributed by atoms with Crippen LogP contribution in [-0.2, 0) is 9.59 Å². The molecule has 5 nitrogen and oxygen atoms in total. The van der Waals surface area contributed by atoms with Gasteiger partial charge in [0.1, 0.15) is 6.04 Å². The Balaban J connectivity index is 1.06. The Morgan fingerprint density at radius 3 is 1.63 bits per heavy atom. The van der Waals surface area contributed by atoms with E-state index in [0.717, 1.165) is 62.9 Å². The van der Waals surface area contributed by atoms with Crippen LogP contribution in [0.4, 0.5) is 0 Å². The lowest BCUT2D eigenvalue weighted by Crippen LogP contribution is -2.93. The van der Waals surface area contributed by atoms with Crippen molar-refractivity contribution in [3.8, 4) is 0 Å². The van der Waals surface area contributed by atoms with E-state index in [0.29, 0.717) is 11.8 Å². The van der Waals surface area contributed by atoms with Crippen LogP contribution in [0.25, 0.3) is 0 Å². The number of hydrogen-bond donors (Lipinski definition) is 1. The molecule has 1 N–H and O–H groups in total. The molecule has 5 fully saturated rings. The van der Waals surface area contributed by atoms with E-state index in [1.54, 1.807) is 0 Å². The van der Waals surface area contributed by atoms with Gasteiger partial charge in [-0.2, -0.15) is 0 Å². The molecule has 5 aliphatic rings. The summed E-state index contributed by atoms with van der Waals surface area (Å²) in [7, 11) is 0. The molecule has 4 aliphatic carbocycles. The van der Waals surface area contributed by atoms with Crippen LogP contribution in [0, 0.1) is 23.2 Å². The van der Waals surface area contributed by atoms with E-state index < -0.39 is 0 Å². The molecule has 1 spiro atoms. The largest absolute Gasteiger partial charge is 0.348 e. The lowest BCUT2D eigenvalue weighted by molar-refractivity contribution is -0.394. The summed E-state index contributed by atoms with van der Waals surface area (Å²) in [5.41, 5.74) is 0.560. The molecule has 282 valence electrons. The first-order valence-electron chi connectivity index (χ1n) is 22.4. The standard InChI is InChI=1S/C44H79N3O2/c1-3-5-7-9-11-12-13-14-15-16-17-18-19-21-23-28-41(48)47(32-26-31-46-29-24-25-30-46)40(27-22-20-10-8-6-4-2)42(49)45-43-35-38-33-37-34-39(36-43)44(37,38)43/h37-40H,3-36H2,1-2H3,(H,45,49). The van der Waals surface area contributed by atoms with Gasteiger partial charge in [0.05, 0.1) is 0 Å². The van der Waals surface area contributed by atoms with Gasteiger partial charge in [0.15, 0.2) is 0 Å². The first-order chi connectivity index (χ1) is 24.1. The van der Waals surface area contributed by atoms with Gasteiger partial charge in [0, 0.05) is 23.9 Å². The summed E-state index contributed by atoms with van der Waals surface area (Å²) < 4.78 is 0. The summed E-state index contributed by atoms with van der Waals surface area (Å²) >= 11 is 0. The van der Waals surface area contributed by atoms with E-state index >= 15 is 0 Å². The molecule has 0 aromatic heterocycles. The highest BCUT2D eigenvalue weighted by Gasteiger charge is 2.88. The van der Waals surface area contributed by atoms with E-state index in [1.807, 2.05) is 0 Å². The summed E-state index contributed by atoms with van der Waals surface area (Å²) in [5.74, 6) is 3.09. The van der Waals surface area contributed by atoms with Gasteiger partial charge >= 0.3 is 0 Å². The molecular formula is C44H79N3O2. The van der Waals surface area contributed by atoms with Crippen molar-refractivity contribution in [2.75, 3.05) is 26.2 Å². The maximum absolute atomic E-state index is 14.4. The summed E-state index contributed by atoms with van der Waals surface area (Å²) in [5, 5.41) is 3.72. The van der Waals surface area contributed by atoms with Crippen LogP contribution in [0.15, 0.2) is 0 Å². The molecule has 5 rings (SSSR count). The quantitative estimate of drug-likeness (QED) is 0.0768. The van der Waals surface area contributed by atoms with Gasteiger partial charge in [-0.3, -0.25) is 9.59 Å². The predicted octanol–water partition coefficient (Wildman–Crippen LogP) is 11.0. The van der Waals surface area contributed by atoms with Crippen LogP contribution in [0.2, 0.25) is 0 Å². The van der Waals surface area contributed by atoms with Gasteiger partial charge in [0.2, 0.25) is 11.8 Å². The van der Waals surface area contributed by atoms with Gasteiger partial charge in [-0.25, -0.2) is 0 Å². The van der Waals surface area contributed by atoms with E-state index in [1.165, 1.54) is 167 Å². The number of likely N-dealkylation sites (tertiary alicyclic amines) is 1. The maximum atomic E-state index is 14.4. The molecule has 3 unspecified atom stereocenters. The molecule has 1 saturated heterocycles. The first-order valence-corrected chi connectivity index (χ1v) is 22.4. The molecule has 1 heterocycles. The predicted molar refractivity (Wildman–Crippen MR) is 206 cm³/mol. The zero-order valence-corrected chi connectivity index (χ0v) is 32.6. The van der Waals surface area contributed by atoms with Crippen molar-refractivity contribution in [3.05, 3.63) is 0 Å². The molecule has 3 atom stereocenters. The maximum Gasteiger partial charge on any atom is 0.243 e. The van der Waals surface area contributed by atoms with Crippen molar-refractivity contribution in [1.29, 1.82) is 0 Å². The fourth-order valence-electron chi connectivity index (χ4n) is 11.7. The molecule has 0 aromatic carbocycles. The number of unbranched alkanes of at least 4 members (excludes halogenated alkanes) is 19. The Kier molecular flexibility index (Phi) is 16.1. The lowest BCUT2D eigenvalue weighted by atomic mass is 9.15. The number of hydrogen-bond acceptors (Lipinski definition) is 3. The second kappa shape index (κ2) is 20.2. The van der Waals surface area contributed by atoms with Crippen LogP contribution in [0.1, 0.15) is 206 Å². The van der Waals surface area contributed by atoms with Crippen molar-refractivity contribution >= 4 is 11.8 Å². The van der Waals surface area contributed by atoms with Crippen molar-refractivity contribution in [2.45, 2.75) is 218 Å². The molecule has 0 radical (unpaired) electrons. The van der Waals surface area contributed by atoms with E-state index in [9.17, 15) is 9.59 Å². The van der Waals surface area contributed by atoms with Gasteiger partial charge in [-0.1, -0.05) is 142 Å². The van der Waals surface area contributed by atoms with Crippen LogP contribution >= 0.6 is 0 Å². The summed E-state index contributed by atoms with van der Waals surface area (Å²) in [4.78, 5) is 33.1. The average molecular weight is 682 g/mol. The van der Waals surface area contributed by atoms with Crippen molar-refractivity contribution in [2.24, 2.45) is 23.2 Å². The first kappa shape index (κ1) is 39.1. The van der Waals surface area contributed by atoms with Crippen LogP contribution in [0.3, 0.4) is 0 Å². The van der Waals surface area contributed by atoms with Crippen LogP contribution in [0.5, 0.6) is 0 Å². The molecule has 4 saturated carbocycles. The number of amides is 2. The lowest BCUT2D eigenvalue weighted by Gasteiger charge is -2.91. The smallest absolute Gasteiger partial charge is 0.243 e. The Morgan fingerprint density at radius 2 is 1.14 bits per heavy atom. The Hall–Kier alpha value is -1.10. The normalized spacial score (nSPS) is 28.4. The van der Waals surface area contributed by atoms with Crippen molar-refractivity contribution in [3.63, 3.8) is 0 Å². The number of rotatable bonds is 30. The van der Waals surface area contributed by atoms with Gasteiger partial charge in [-0.05, 0) is 95.2 Å². The van der Waals surface area contributed by atoms with Gasteiger partial charge in [-0.15, -0.1) is 0 Å². The van der Waals surface area contributed by atoms with E-state index in [-0.39, 0.29) is 23.4 Å². The SMILES string of the molecule is CCCCCCCCCCCCCCCCCC(=O)N(CCCN1CCCC1)C(CCCCCCCC)C(=O)NC12CC3CC4CC(C1)C432. The van der Waals surface area contributed by atoms with Crippen molar-refractivity contribution in [1.82, 2.24) is 15.1 Å². The summed E-state index contributed by atoms with van der Waals surface area (Å²) in [6.07, 6.45) is 37.7. The minimum absolute atomic E-state index is 0.0818. The van der Waals surface area contributed by atoms with Crippen molar-refractivity contribution < 1.29 is 9.59 Å². The highest BCUT2D eigenvalue weighted by Crippen LogP contribution is 2.89. The fraction of sp³-hybridized carbons (Fsp3) is 0.955. The summed E-state index contributed by atoms with van der Waals surface area (Å²) in [6, 6.07) is -0.281. The Labute approximate surface area is 303 Å². The van der Waals surface area contributed by atoms with Gasteiger partial charge < -0.3 is 15.1 Å². The van der Waals surface area contributed by atoms with Crippen LogP contribution < -0.4 is 5.32 Å². The highest BCUT2D eigenvalue weighted by atomic mass is 16.2. The van der Waals surface area contributed by atoms with E-state index in [4.69, 9.17) is 0 Å². The molecule has 5 heteroatoms. The molecule has 0 aromatic rings. The second-order valence-corrected chi connectivity index (χ2v) is 17.7. The van der Waals surface area contributed by atoms with E-state index in [2.05, 4.69) is 29.0 Å². The topological polar surface area (TPSA) is 52.7 Å². The third-order valence-corrected chi connectivity index (χ3v) is 14.4. The second-order valence-electron chi connectivity index (χ2n) is 17.7. The van der Waals surface area contributed by atoms with Crippen LogP contribution in [-0.4, -0.2) is 59.4 Å². The summed E-state index contributed by atoms with van der Waals surface area (Å²) in [6.45, 7) is 8.77. The molecule has 49 heavy (non-hydrogen) atoms. The minimum atomic E-state index is -0.281. The molecule has 2 amide bonds. The zero-order valence-electron chi connectivity index (χ0n) is 32.6. The molecule has 0 bridgehead atoms. The third-order valence-electron chi connectivity index (χ3n) is 14.4. The highest BCUT2D eigenvalue weighted by molar-refractivity contribution is 5.88. The fourth-order valence-corrected chi connectivity index (χ4v) is 11.7. The Morgan fingerprint density at radius 1 is 0.653 bits per heavy atom. The number of nitrogens with one attached hydrogen (secondary N) is 1.